The zero-order valence-corrected chi connectivity index (χ0v) is 27.9. The fraction of sp³-hybridized carbons (Fsp3) is 0.286. The molecule has 4 amide bonds. The number of halogens is 3. The predicted molar refractivity (Wildman–Crippen MR) is 183 cm³/mol. The van der Waals surface area contributed by atoms with Crippen LogP contribution < -0.4 is 20.3 Å². The van der Waals surface area contributed by atoms with Gasteiger partial charge in [-0.15, -0.1) is 13.2 Å². The number of hydrogen-bond acceptors (Lipinski definition) is 6. The lowest BCUT2D eigenvalue weighted by Gasteiger charge is -2.22. The van der Waals surface area contributed by atoms with Gasteiger partial charge in [-0.25, -0.2) is 9.48 Å². The fourth-order valence-electron chi connectivity index (χ4n) is 5.57. The van der Waals surface area contributed by atoms with Gasteiger partial charge in [0.05, 0.1) is 34.2 Å². The molecule has 4 aromatic rings. The maximum atomic E-state index is 13.1. The molecule has 6 rings (SSSR count). The fourth-order valence-corrected chi connectivity index (χ4v) is 6.42. The van der Waals surface area contributed by atoms with E-state index in [4.69, 9.17) is 0 Å². The minimum atomic E-state index is -4.83. The van der Waals surface area contributed by atoms with Crippen molar-refractivity contribution in [3.05, 3.63) is 94.8 Å². The molecule has 14 heteroatoms. The van der Waals surface area contributed by atoms with Crippen molar-refractivity contribution in [3.63, 3.8) is 0 Å². The van der Waals surface area contributed by atoms with Crippen LogP contribution in [0.15, 0.2) is 71.7 Å². The van der Waals surface area contributed by atoms with Crippen LogP contribution in [0.4, 0.5) is 35.0 Å². The molecule has 2 aliphatic rings. The average Bonchev–Trinajstić information content (AvgIpc) is 3.74. The number of aryl methyl sites for hydroxylation is 2. The van der Waals surface area contributed by atoms with Crippen LogP contribution in [-0.4, -0.2) is 44.9 Å². The van der Waals surface area contributed by atoms with Crippen LogP contribution in [0.2, 0.25) is 0 Å². The molecule has 2 N–H and O–H groups in total. The Morgan fingerprint density at radius 1 is 1.00 bits per heavy atom. The SMILES string of the molecule is Cc1ccc(C(C)C)c(N2C(=O)CS/C2=N\C(=O)Nc2ccc(-n3nc(C)c(NC(=O)c4ccc(OC(F)(F)F)cc4)c3C3CC3)cc2)c1. The third-order valence-corrected chi connectivity index (χ3v) is 8.95. The van der Waals surface area contributed by atoms with Gasteiger partial charge in [0.1, 0.15) is 5.75 Å². The Labute approximate surface area is 284 Å². The molecule has 0 atom stereocenters. The number of alkyl halides is 3. The van der Waals surface area contributed by atoms with Gasteiger partial charge in [0.25, 0.3) is 5.91 Å². The number of nitrogens with one attached hydrogen (secondary N) is 2. The topological polar surface area (TPSA) is 118 Å². The second-order valence-electron chi connectivity index (χ2n) is 12.2. The zero-order chi connectivity index (χ0) is 35.0. The lowest BCUT2D eigenvalue weighted by atomic mass is 9.99. The molecule has 1 aliphatic carbocycles. The van der Waals surface area contributed by atoms with Crippen LogP contribution >= 0.6 is 11.8 Å². The number of anilines is 3. The molecule has 1 saturated carbocycles. The van der Waals surface area contributed by atoms with Gasteiger partial charge in [0.2, 0.25) is 5.91 Å². The molecule has 1 saturated heterocycles. The molecule has 0 spiro atoms. The molecule has 1 aromatic heterocycles. The first-order valence-corrected chi connectivity index (χ1v) is 16.6. The first-order chi connectivity index (χ1) is 23.3. The number of aliphatic imine (C=N–C) groups is 1. The number of urea groups is 1. The summed E-state index contributed by atoms with van der Waals surface area (Å²) < 4.78 is 43.2. The van der Waals surface area contributed by atoms with E-state index >= 15 is 0 Å². The van der Waals surface area contributed by atoms with Gasteiger partial charge >= 0.3 is 12.4 Å². The van der Waals surface area contributed by atoms with Crippen molar-refractivity contribution in [1.29, 1.82) is 0 Å². The number of amides is 4. The van der Waals surface area contributed by atoms with Crippen LogP contribution in [0.25, 0.3) is 5.69 Å². The summed E-state index contributed by atoms with van der Waals surface area (Å²) in [7, 11) is 0. The van der Waals surface area contributed by atoms with Crippen LogP contribution in [-0.2, 0) is 4.79 Å². The lowest BCUT2D eigenvalue weighted by molar-refractivity contribution is -0.274. The minimum Gasteiger partial charge on any atom is -0.406 e. The molecular formula is C35H33F3N6O4S. The van der Waals surface area contributed by atoms with E-state index in [1.165, 1.54) is 28.8 Å². The number of nitrogens with zero attached hydrogens (tertiary/aromatic N) is 4. The molecule has 2 fully saturated rings. The Kier molecular flexibility index (Phi) is 9.25. The number of hydrogen-bond donors (Lipinski definition) is 2. The zero-order valence-electron chi connectivity index (χ0n) is 27.1. The number of amidine groups is 1. The van der Waals surface area contributed by atoms with Gasteiger partial charge in [-0.2, -0.15) is 10.1 Å². The Hall–Kier alpha value is -5.11. The van der Waals surface area contributed by atoms with E-state index < -0.39 is 24.1 Å². The maximum absolute atomic E-state index is 13.1. The molecule has 0 bridgehead atoms. The molecule has 49 heavy (non-hydrogen) atoms. The summed E-state index contributed by atoms with van der Waals surface area (Å²) in [5.41, 5.74) is 5.98. The monoisotopic (exact) mass is 690 g/mol. The molecular weight excluding hydrogens is 657 g/mol. The third kappa shape index (κ3) is 7.64. The highest BCUT2D eigenvalue weighted by Crippen LogP contribution is 2.45. The van der Waals surface area contributed by atoms with Crippen molar-refractivity contribution < 1.29 is 32.3 Å². The molecule has 10 nitrogen and oxygen atoms in total. The van der Waals surface area contributed by atoms with Crippen molar-refractivity contribution >= 4 is 51.8 Å². The van der Waals surface area contributed by atoms with E-state index in [2.05, 4.69) is 25.5 Å². The molecule has 3 aromatic carbocycles. The van der Waals surface area contributed by atoms with E-state index in [-0.39, 0.29) is 29.1 Å². The molecule has 0 unspecified atom stereocenters. The van der Waals surface area contributed by atoms with Crippen molar-refractivity contribution in [1.82, 2.24) is 9.78 Å². The number of benzene rings is 3. The summed E-state index contributed by atoms with van der Waals surface area (Å²) in [5.74, 6) is -0.546. The lowest BCUT2D eigenvalue weighted by Crippen LogP contribution is -2.31. The molecule has 254 valence electrons. The third-order valence-electron chi connectivity index (χ3n) is 8.02. The normalized spacial score (nSPS) is 15.6. The Morgan fingerprint density at radius 3 is 2.33 bits per heavy atom. The standard InChI is InChI=1S/C35H33F3N6O4S/c1-19(2)27-16-5-20(3)17-28(27)43-29(45)18-49-34(43)41-33(47)39-24-10-12-25(13-11-24)44-31(22-6-7-22)30(21(4)42-44)40-32(46)23-8-14-26(15-9-23)48-35(36,37)38/h5,8-17,19,22H,6-7,18H2,1-4H3,(H,39,47)(H,40,46)/b41-34-. The van der Waals surface area contributed by atoms with E-state index in [9.17, 15) is 27.6 Å². The van der Waals surface area contributed by atoms with Gasteiger partial charge in [-0.1, -0.05) is 37.7 Å². The molecule has 2 heterocycles. The van der Waals surface area contributed by atoms with Crippen LogP contribution in [0.1, 0.15) is 71.4 Å². The predicted octanol–water partition coefficient (Wildman–Crippen LogP) is 8.31. The van der Waals surface area contributed by atoms with Gasteiger partial charge in [0, 0.05) is 17.2 Å². The molecule has 1 aliphatic heterocycles. The summed E-state index contributed by atoms with van der Waals surface area (Å²) in [5, 5.41) is 10.7. The molecule has 0 radical (unpaired) electrons. The van der Waals surface area contributed by atoms with E-state index in [0.29, 0.717) is 27.9 Å². The van der Waals surface area contributed by atoms with E-state index in [1.807, 2.05) is 39.0 Å². The van der Waals surface area contributed by atoms with Crippen molar-refractivity contribution in [3.8, 4) is 11.4 Å². The van der Waals surface area contributed by atoms with E-state index in [1.54, 1.807) is 35.9 Å². The van der Waals surface area contributed by atoms with Gasteiger partial charge in [0.15, 0.2) is 5.17 Å². The highest BCUT2D eigenvalue weighted by atomic mass is 32.2. The smallest absolute Gasteiger partial charge is 0.406 e. The van der Waals surface area contributed by atoms with Gasteiger partial charge < -0.3 is 15.4 Å². The maximum Gasteiger partial charge on any atom is 0.573 e. The summed E-state index contributed by atoms with van der Waals surface area (Å²) in [6.45, 7) is 7.81. The number of carbonyl (C=O) groups excluding carboxylic acids is 3. The second-order valence-corrected chi connectivity index (χ2v) is 13.1. The summed E-state index contributed by atoms with van der Waals surface area (Å²) in [6.07, 6.45) is -3.01. The highest BCUT2D eigenvalue weighted by Gasteiger charge is 2.34. The van der Waals surface area contributed by atoms with E-state index in [0.717, 1.165) is 47.5 Å². The first kappa shape index (κ1) is 33.8. The van der Waals surface area contributed by atoms with Crippen molar-refractivity contribution in [2.45, 2.75) is 58.7 Å². The van der Waals surface area contributed by atoms with Gasteiger partial charge in [-0.3, -0.25) is 14.5 Å². The summed E-state index contributed by atoms with van der Waals surface area (Å²) in [4.78, 5) is 44.8. The number of rotatable bonds is 8. The summed E-state index contributed by atoms with van der Waals surface area (Å²) in [6, 6.07) is 17.0. The van der Waals surface area contributed by atoms with Crippen LogP contribution in [0.3, 0.4) is 0 Å². The summed E-state index contributed by atoms with van der Waals surface area (Å²) >= 11 is 1.21. The van der Waals surface area contributed by atoms with Crippen LogP contribution in [0.5, 0.6) is 5.75 Å². The average molecular weight is 691 g/mol. The highest BCUT2D eigenvalue weighted by molar-refractivity contribution is 8.15. The largest absolute Gasteiger partial charge is 0.573 e. The number of ether oxygens (including phenoxy) is 1. The first-order valence-electron chi connectivity index (χ1n) is 15.6. The second kappa shape index (κ2) is 13.4. The Balaban J connectivity index is 1.18. The van der Waals surface area contributed by atoms with Gasteiger partial charge in [-0.05, 0) is 98.3 Å². The van der Waals surface area contributed by atoms with Crippen molar-refractivity contribution in [2.75, 3.05) is 21.3 Å². The Morgan fingerprint density at radius 2 is 1.69 bits per heavy atom. The van der Waals surface area contributed by atoms with Crippen molar-refractivity contribution in [2.24, 2.45) is 4.99 Å². The number of aromatic nitrogens is 2. The quantitative estimate of drug-likeness (QED) is 0.192. The number of thioether (sulfide) groups is 1. The minimum absolute atomic E-state index is 0.140. The number of carbonyl (C=O) groups is 3. The Bertz CT molecular complexity index is 1950. The van der Waals surface area contributed by atoms with Crippen LogP contribution in [0, 0.1) is 13.8 Å².